The van der Waals surface area contributed by atoms with E-state index in [2.05, 4.69) is 16.4 Å². The molecule has 6 heteroatoms. The fourth-order valence-electron chi connectivity index (χ4n) is 2.66. The molecule has 0 bridgehead atoms. The molecule has 0 aliphatic rings. The van der Waals surface area contributed by atoms with E-state index in [0.29, 0.717) is 16.3 Å². The first kappa shape index (κ1) is 18.7. The van der Waals surface area contributed by atoms with Crippen molar-refractivity contribution in [2.75, 3.05) is 18.2 Å². The third-order valence-corrected chi connectivity index (χ3v) is 5.30. The Balaban J connectivity index is 1.76. The van der Waals surface area contributed by atoms with Gasteiger partial charge in [-0.3, -0.25) is 4.79 Å². The maximum absolute atomic E-state index is 12.3. The highest BCUT2D eigenvalue weighted by Gasteiger charge is 2.12. The van der Waals surface area contributed by atoms with E-state index < -0.39 is 0 Å². The predicted octanol–water partition coefficient (Wildman–Crippen LogP) is 4.46. The summed E-state index contributed by atoms with van der Waals surface area (Å²) in [6, 6.07) is 15.1. The lowest BCUT2D eigenvalue weighted by molar-refractivity contribution is -0.113. The fraction of sp³-hybridized carbons (Fsp3) is 0.190. The van der Waals surface area contributed by atoms with E-state index in [-0.39, 0.29) is 11.7 Å². The van der Waals surface area contributed by atoms with Crippen LogP contribution in [0.2, 0.25) is 0 Å². The number of nitrogens with one attached hydrogen (secondary N) is 1. The molecule has 27 heavy (non-hydrogen) atoms. The zero-order chi connectivity index (χ0) is 19.4. The first-order chi connectivity index (χ1) is 13.0. The van der Waals surface area contributed by atoms with Gasteiger partial charge in [0.1, 0.15) is 16.8 Å². The van der Waals surface area contributed by atoms with Crippen LogP contribution in [-0.2, 0) is 4.79 Å². The number of carbonyl (C=O) groups is 1. The molecule has 136 valence electrons. The van der Waals surface area contributed by atoms with Crippen LogP contribution >= 0.6 is 11.8 Å². The summed E-state index contributed by atoms with van der Waals surface area (Å²) in [5, 5.41) is 13.8. The van der Waals surface area contributed by atoms with Gasteiger partial charge in [-0.1, -0.05) is 23.9 Å². The van der Waals surface area contributed by atoms with Crippen LogP contribution in [-0.4, -0.2) is 23.8 Å². The number of nitrogens with zero attached hydrogens (tertiary/aromatic N) is 2. The Hall–Kier alpha value is -3.04. The van der Waals surface area contributed by atoms with Gasteiger partial charge in [-0.15, -0.1) is 0 Å². The SMILES string of the molecule is COc1ccc(NC(=O)CSc2nc3c(C)c(C)ccc3cc2C#N)cc1. The van der Waals surface area contributed by atoms with E-state index in [1.807, 2.05) is 32.0 Å². The number of carbonyl (C=O) groups excluding carboxylic acids is 1. The lowest BCUT2D eigenvalue weighted by Crippen LogP contribution is -2.14. The highest BCUT2D eigenvalue weighted by Crippen LogP contribution is 2.27. The monoisotopic (exact) mass is 377 g/mol. The molecule has 1 aromatic heterocycles. The van der Waals surface area contributed by atoms with E-state index in [0.717, 1.165) is 27.8 Å². The number of methoxy groups -OCH3 is 1. The Bertz CT molecular complexity index is 1040. The van der Waals surface area contributed by atoms with E-state index in [4.69, 9.17) is 4.74 Å². The van der Waals surface area contributed by atoms with Crippen LogP contribution < -0.4 is 10.1 Å². The maximum atomic E-state index is 12.3. The highest BCUT2D eigenvalue weighted by molar-refractivity contribution is 8.00. The van der Waals surface area contributed by atoms with Crippen LogP contribution in [0.3, 0.4) is 0 Å². The Kier molecular flexibility index (Phi) is 5.63. The van der Waals surface area contributed by atoms with Crippen molar-refractivity contribution < 1.29 is 9.53 Å². The predicted molar refractivity (Wildman–Crippen MR) is 108 cm³/mol. The Morgan fingerprint density at radius 2 is 1.96 bits per heavy atom. The van der Waals surface area contributed by atoms with Crippen LogP contribution in [0.4, 0.5) is 5.69 Å². The number of fused-ring (bicyclic) bond motifs is 1. The van der Waals surface area contributed by atoms with E-state index >= 15 is 0 Å². The van der Waals surface area contributed by atoms with E-state index in [9.17, 15) is 10.1 Å². The van der Waals surface area contributed by atoms with Crippen LogP contribution in [0, 0.1) is 25.2 Å². The number of pyridine rings is 1. The molecule has 1 N–H and O–H groups in total. The van der Waals surface area contributed by atoms with Gasteiger partial charge in [0.2, 0.25) is 5.91 Å². The molecule has 0 aliphatic heterocycles. The summed E-state index contributed by atoms with van der Waals surface area (Å²) in [6.45, 7) is 4.05. The lowest BCUT2D eigenvalue weighted by atomic mass is 10.0. The minimum atomic E-state index is -0.156. The molecule has 2 aromatic carbocycles. The number of nitriles is 1. The summed E-state index contributed by atoms with van der Waals surface area (Å²) in [5.41, 5.74) is 4.27. The largest absolute Gasteiger partial charge is 0.497 e. The molecule has 0 spiro atoms. The number of ether oxygens (including phenoxy) is 1. The zero-order valence-electron chi connectivity index (χ0n) is 15.4. The summed E-state index contributed by atoms with van der Waals surface area (Å²) in [6.07, 6.45) is 0. The summed E-state index contributed by atoms with van der Waals surface area (Å²) in [4.78, 5) is 16.9. The minimum Gasteiger partial charge on any atom is -0.497 e. The number of aryl methyl sites for hydroxylation is 2. The van der Waals surface area contributed by atoms with Gasteiger partial charge in [-0.2, -0.15) is 5.26 Å². The normalized spacial score (nSPS) is 10.4. The average Bonchev–Trinajstić information content (AvgIpc) is 2.69. The second-order valence-electron chi connectivity index (χ2n) is 6.10. The molecule has 0 unspecified atom stereocenters. The number of aromatic nitrogens is 1. The van der Waals surface area contributed by atoms with Gasteiger partial charge in [0.05, 0.1) is 23.9 Å². The Morgan fingerprint density at radius 3 is 2.63 bits per heavy atom. The molecular formula is C21H19N3O2S. The topological polar surface area (TPSA) is 75.0 Å². The number of hydrogen-bond donors (Lipinski definition) is 1. The maximum Gasteiger partial charge on any atom is 0.234 e. The molecule has 0 fully saturated rings. The van der Waals surface area contributed by atoms with Crippen molar-refractivity contribution in [3.05, 3.63) is 59.2 Å². The van der Waals surface area contributed by atoms with Crippen molar-refractivity contribution in [1.29, 1.82) is 5.26 Å². The quantitative estimate of drug-likeness (QED) is 0.664. The standard InChI is InChI=1S/C21H19N3O2S/c1-13-4-5-15-10-16(11-22)21(24-20(15)14(13)2)27-12-19(25)23-17-6-8-18(26-3)9-7-17/h4-10H,12H2,1-3H3,(H,23,25). The molecule has 0 saturated heterocycles. The van der Waals surface area contributed by atoms with Crippen LogP contribution in [0.25, 0.3) is 10.9 Å². The number of anilines is 1. The van der Waals surface area contributed by atoms with Crippen molar-refractivity contribution in [1.82, 2.24) is 4.98 Å². The summed E-state index contributed by atoms with van der Waals surface area (Å²) in [7, 11) is 1.59. The Morgan fingerprint density at radius 1 is 1.22 bits per heavy atom. The smallest absolute Gasteiger partial charge is 0.234 e. The molecule has 3 aromatic rings. The van der Waals surface area contributed by atoms with Crippen molar-refractivity contribution in [2.45, 2.75) is 18.9 Å². The molecular weight excluding hydrogens is 358 g/mol. The van der Waals surface area contributed by atoms with Crippen molar-refractivity contribution in [3.63, 3.8) is 0 Å². The number of hydrogen-bond acceptors (Lipinski definition) is 5. The third-order valence-electron chi connectivity index (χ3n) is 4.31. The molecule has 1 heterocycles. The van der Waals surface area contributed by atoms with Gasteiger partial charge in [0.25, 0.3) is 0 Å². The van der Waals surface area contributed by atoms with Crippen LogP contribution in [0.15, 0.2) is 47.5 Å². The first-order valence-electron chi connectivity index (χ1n) is 8.39. The van der Waals surface area contributed by atoms with Gasteiger partial charge >= 0.3 is 0 Å². The van der Waals surface area contributed by atoms with Crippen LogP contribution in [0.1, 0.15) is 16.7 Å². The summed E-state index contributed by atoms with van der Waals surface area (Å²) >= 11 is 1.27. The van der Waals surface area contributed by atoms with Gasteiger partial charge in [0.15, 0.2) is 0 Å². The molecule has 5 nitrogen and oxygen atoms in total. The van der Waals surface area contributed by atoms with Gasteiger partial charge < -0.3 is 10.1 Å². The molecule has 0 saturated carbocycles. The summed E-state index contributed by atoms with van der Waals surface area (Å²) in [5.74, 6) is 0.744. The second kappa shape index (κ2) is 8.11. The third kappa shape index (κ3) is 4.21. The van der Waals surface area contributed by atoms with Gasteiger partial charge in [0, 0.05) is 11.1 Å². The first-order valence-corrected chi connectivity index (χ1v) is 9.38. The number of benzene rings is 2. The minimum absolute atomic E-state index is 0.156. The molecule has 1 amide bonds. The summed E-state index contributed by atoms with van der Waals surface area (Å²) < 4.78 is 5.10. The van der Waals surface area contributed by atoms with E-state index in [1.165, 1.54) is 11.8 Å². The zero-order valence-corrected chi connectivity index (χ0v) is 16.2. The Labute approximate surface area is 162 Å². The molecule has 0 aliphatic carbocycles. The number of thioether (sulfide) groups is 1. The number of amides is 1. The lowest BCUT2D eigenvalue weighted by Gasteiger charge is -2.10. The van der Waals surface area contributed by atoms with Crippen molar-refractivity contribution in [3.8, 4) is 11.8 Å². The van der Waals surface area contributed by atoms with Gasteiger partial charge in [-0.05, 0) is 55.3 Å². The molecule has 0 radical (unpaired) electrons. The second-order valence-corrected chi connectivity index (χ2v) is 7.06. The van der Waals surface area contributed by atoms with Crippen molar-refractivity contribution >= 4 is 34.3 Å². The fourth-order valence-corrected chi connectivity index (χ4v) is 3.42. The van der Waals surface area contributed by atoms with Crippen LogP contribution in [0.5, 0.6) is 5.75 Å². The van der Waals surface area contributed by atoms with Crippen molar-refractivity contribution in [2.24, 2.45) is 0 Å². The molecule has 0 atom stereocenters. The van der Waals surface area contributed by atoms with Gasteiger partial charge in [-0.25, -0.2) is 4.98 Å². The highest BCUT2D eigenvalue weighted by atomic mass is 32.2. The molecule has 3 rings (SSSR count). The number of rotatable bonds is 5. The van der Waals surface area contributed by atoms with E-state index in [1.54, 1.807) is 31.4 Å². The average molecular weight is 377 g/mol.